The lowest BCUT2D eigenvalue weighted by Crippen LogP contribution is -2.32. The molecule has 1 amide bonds. The molecule has 0 aliphatic heterocycles. The van der Waals surface area contributed by atoms with Crippen molar-refractivity contribution in [2.45, 2.75) is 62.9 Å². The number of nitrogens with zero attached hydrogens (tertiary/aromatic N) is 3. The molecule has 1 aromatic heterocycles. The molecule has 22 heavy (non-hydrogen) atoms. The second-order valence-corrected chi connectivity index (χ2v) is 6.77. The maximum atomic E-state index is 12.1. The number of ether oxygens (including phenoxy) is 1. The van der Waals surface area contributed by atoms with Crippen molar-refractivity contribution in [3.8, 4) is 0 Å². The van der Waals surface area contributed by atoms with E-state index < -0.39 is 0 Å². The molecule has 1 N–H and O–H groups in total. The molecule has 1 unspecified atom stereocenters. The summed E-state index contributed by atoms with van der Waals surface area (Å²) in [6, 6.07) is 0. The van der Waals surface area contributed by atoms with E-state index in [2.05, 4.69) is 27.0 Å². The van der Waals surface area contributed by atoms with Gasteiger partial charge in [-0.05, 0) is 40.0 Å². The molecule has 7 heteroatoms. The van der Waals surface area contributed by atoms with Crippen LogP contribution in [0.3, 0.4) is 0 Å². The third-order valence-corrected chi connectivity index (χ3v) is 4.70. The Labute approximate surface area is 136 Å². The van der Waals surface area contributed by atoms with Crippen LogP contribution in [0.15, 0.2) is 5.16 Å². The predicted octanol–water partition coefficient (Wildman–Crippen LogP) is 2.20. The van der Waals surface area contributed by atoms with Crippen LogP contribution in [0, 0.1) is 0 Å². The van der Waals surface area contributed by atoms with Crippen LogP contribution in [-0.2, 0) is 16.1 Å². The van der Waals surface area contributed by atoms with Gasteiger partial charge in [-0.15, -0.1) is 10.2 Å². The fourth-order valence-corrected chi connectivity index (χ4v) is 3.16. The number of hydrogen-bond acceptors (Lipinski definition) is 5. The highest BCUT2D eigenvalue weighted by Gasteiger charge is 2.30. The molecule has 0 bridgehead atoms. The van der Waals surface area contributed by atoms with Crippen LogP contribution in [0.25, 0.3) is 0 Å². The van der Waals surface area contributed by atoms with Gasteiger partial charge in [0.2, 0.25) is 5.91 Å². The van der Waals surface area contributed by atoms with Crippen molar-refractivity contribution in [2.75, 3.05) is 19.8 Å². The van der Waals surface area contributed by atoms with Crippen molar-refractivity contribution >= 4 is 17.7 Å². The van der Waals surface area contributed by atoms with Crippen LogP contribution in [0.1, 0.15) is 51.8 Å². The smallest absolute Gasteiger partial charge is 0.233 e. The quantitative estimate of drug-likeness (QED) is 0.527. The monoisotopic (exact) mass is 326 g/mol. The lowest BCUT2D eigenvalue weighted by atomic mass is 10.4. The highest BCUT2D eigenvalue weighted by Crippen LogP contribution is 2.40. The van der Waals surface area contributed by atoms with Crippen LogP contribution in [-0.4, -0.2) is 45.7 Å². The SMILES string of the molecule is CCOCCCNC(=O)C(C)Sc1nnc(C2CC2)n1CC. The summed E-state index contributed by atoms with van der Waals surface area (Å²) >= 11 is 1.48. The third kappa shape index (κ3) is 4.71. The average Bonchev–Trinajstić information content (AvgIpc) is 3.28. The summed E-state index contributed by atoms with van der Waals surface area (Å²) in [5, 5.41) is 12.2. The number of carbonyl (C=O) groups is 1. The minimum Gasteiger partial charge on any atom is -0.382 e. The summed E-state index contributed by atoms with van der Waals surface area (Å²) in [5.74, 6) is 1.69. The van der Waals surface area contributed by atoms with Crippen LogP contribution in [0.4, 0.5) is 0 Å². The molecule has 0 spiro atoms. The molecule has 0 aromatic carbocycles. The van der Waals surface area contributed by atoms with Gasteiger partial charge in [0.15, 0.2) is 5.16 Å². The topological polar surface area (TPSA) is 69.0 Å². The number of thioether (sulfide) groups is 1. The minimum absolute atomic E-state index is 0.0418. The van der Waals surface area contributed by atoms with E-state index in [4.69, 9.17) is 4.74 Å². The summed E-state index contributed by atoms with van der Waals surface area (Å²) in [7, 11) is 0. The molecule has 6 nitrogen and oxygen atoms in total. The van der Waals surface area contributed by atoms with E-state index in [0.29, 0.717) is 19.1 Å². The van der Waals surface area contributed by atoms with Crippen molar-refractivity contribution in [1.82, 2.24) is 20.1 Å². The molecule has 0 saturated heterocycles. The molecule has 1 aromatic rings. The molecule has 1 atom stereocenters. The van der Waals surface area contributed by atoms with Gasteiger partial charge in [-0.3, -0.25) is 4.79 Å². The van der Waals surface area contributed by atoms with Gasteiger partial charge in [0.1, 0.15) is 5.82 Å². The fraction of sp³-hybridized carbons (Fsp3) is 0.800. The normalized spacial score (nSPS) is 15.8. The third-order valence-electron chi connectivity index (χ3n) is 3.62. The number of hydrogen-bond donors (Lipinski definition) is 1. The number of carbonyl (C=O) groups excluding carboxylic acids is 1. The lowest BCUT2D eigenvalue weighted by molar-refractivity contribution is -0.120. The maximum Gasteiger partial charge on any atom is 0.233 e. The van der Waals surface area contributed by atoms with E-state index in [0.717, 1.165) is 30.6 Å². The largest absolute Gasteiger partial charge is 0.382 e. The van der Waals surface area contributed by atoms with Crippen molar-refractivity contribution in [3.05, 3.63) is 5.82 Å². The van der Waals surface area contributed by atoms with Gasteiger partial charge < -0.3 is 14.6 Å². The number of aromatic nitrogens is 3. The second-order valence-electron chi connectivity index (χ2n) is 5.46. The molecule has 1 heterocycles. The molecule has 1 aliphatic carbocycles. The van der Waals surface area contributed by atoms with Crippen molar-refractivity contribution in [1.29, 1.82) is 0 Å². The highest BCUT2D eigenvalue weighted by molar-refractivity contribution is 8.00. The maximum absolute atomic E-state index is 12.1. The summed E-state index contributed by atoms with van der Waals surface area (Å²) in [6.07, 6.45) is 3.26. The van der Waals surface area contributed by atoms with Gasteiger partial charge in [-0.2, -0.15) is 0 Å². The zero-order valence-electron chi connectivity index (χ0n) is 13.7. The van der Waals surface area contributed by atoms with Gasteiger partial charge in [0.05, 0.1) is 5.25 Å². The van der Waals surface area contributed by atoms with E-state index in [9.17, 15) is 4.79 Å². The first kappa shape index (κ1) is 17.3. The van der Waals surface area contributed by atoms with E-state index in [1.165, 1.54) is 24.6 Å². The van der Waals surface area contributed by atoms with Crippen LogP contribution >= 0.6 is 11.8 Å². The van der Waals surface area contributed by atoms with Gasteiger partial charge in [0, 0.05) is 32.2 Å². The first-order chi connectivity index (χ1) is 10.7. The molecule has 1 saturated carbocycles. The summed E-state index contributed by atoms with van der Waals surface area (Å²) in [4.78, 5) is 12.1. The fourth-order valence-electron chi connectivity index (χ4n) is 2.21. The predicted molar refractivity (Wildman–Crippen MR) is 87.1 cm³/mol. The standard InChI is InChI=1S/C15H26N4O2S/c1-4-19-13(12-7-8-12)17-18-15(19)22-11(3)14(20)16-9-6-10-21-5-2/h11-12H,4-10H2,1-3H3,(H,16,20). The van der Waals surface area contributed by atoms with E-state index in [-0.39, 0.29) is 11.2 Å². The van der Waals surface area contributed by atoms with Crippen molar-refractivity contribution in [2.24, 2.45) is 0 Å². The minimum atomic E-state index is -0.173. The molecular formula is C15H26N4O2S. The number of amides is 1. The zero-order valence-corrected chi connectivity index (χ0v) is 14.5. The van der Waals surface area contributed by atoms with Crippen molar-refractivity contribution in [3.63, 3.8) is 0 Å². The van der Waals surface area contributed by atoms with E-state index in [1.807, 2.05) is 13.8 Å². The van der Waals surface area contributed by atoms with E-state index in [1.54, 1.807) is 0 Å². The Morgan fingerprint density at radius 3 is 2.86 bits per heavy atom. The molecular weight excluding hydrogens is 300 g/mol. The first-order valence-corrected chi connectivity index (χ1v) is 9.00. The molecule has 1 fully saturated rings. The zero-order chi connectivity index (χ0) is 15.9. The average molecular weight is 326 g/mol. The van der Waals surface area contributed by atoms with Gasteiger partial charge in [0.25, 0.3) is 0 Å². The second kappa shape index (κ2) is 8.53. The van der Waals surface area contributed by atoms with Crippen LogP contribution in [0.2, 0.25) is 0 Å². The van der Waals surface area contributed by atoms with Crippen LogP contribution < -0.4 is 5.32 Å². The van der Waals surface area contributed by atoms with Crippen molar-refractivity contribution < 1.29 is 9.53 Å². The Balaban J connectivity index is 1.80. The number of nitrogens with one attached hydrogen (secondary N) is 1. The Kier molecular flexibility index (Phi) is 6.70. The van der Waals surface area contributed by atoms with Gasteiger partial charge in [-0.1, -0.05) is 11.8 Å². The van der Waals surface area contributed by atoms with Gasteiger partial charge >= 0.3 is 0 Å². The van der Waals surface area contributed by atoms with E-state index >= 15 is 0 Å². The Morgan fingerprint density at radius 2 is 2.23 bits per heavy atom. The van der Waals surface area contributed by atoms with Crippen LogP contribution in [0.5, 0.6) is 0 Å². The first-order valence-electron chi connectivity index (χ1n) is 8.12. The number of rotatable bonds is 10. The molecule has 124 valence electrons. The molecule has 2 rings (SSSR count). The Hall–Kier alpha value is -1.08. The Bertz CT molecular complexity index is 488. The summed E-state index contributed by atoms with van der Waals surface area (Å²) in [6.45, 7) is 8.88. The Morgan fingerprint density at radius 1 is 1.45 bits per heavy atom. The van der Waals surface area contributed by atoms with Gasteiger partial charge in [-0.25, -0.2) is 0 Å². The summed E-state index contributed by atoms with van der Waals surface area (Å²) in [5.41, 5.74) is 0. The molecule has 1 aliphatic rings. The lowest BCUT2D eigenvalue weighted by Gasteiger charge is -2.12. The highest BCUT2D eigenvalue weighted by atomic mass is 32.2. The summed E-state index contributed by atoms with van der Waals surface area (Å²) < 4.78 is 7.39. The molecule has 0 radical (unpaired) electrons.